The zero-order chi connectivity index (χ0) is 10.7. The van der Waals surface area contributed by atoms with E-state index in [0.29, 0.717) is 11.5 Å². The number of nitrogens with one attached hydrogen (secondary N) is 1. The molecule has 0 aromatic carbocycles. The molecule has 2 saturated carbocycles. The van der Waals surface area contributed by atoms with Crippen LogP contribution in [0.1, 0.15) is 52.4 Å². The summed E-state index contributed by atoms with van der Waals surface area (Å²) in [7, 11) is 0. The van der Waals surface area contributed by atoms with Crippen LogP contribution in [0.15, 0.2) is 0 Å². The van der Waals surface area contributed by atoms with Gasteiger partial charge in [0.15, 0.2) is 0 Å². The van der Waals surface area contributed by atoms with Crippen molar-refractivity contribution in [3.63, 3.8) is 0 Å². The molecule has 2 aliphatic carbocycles. The van der Waals surface area contributed by atoms with Crippen LogP contribution in [0, 0.1) is 5.41 Å². The van der Waals surface area contributed by atoms with Crippen molar-refractivity contribution in [1.82, 2.24) is 5.32 Å². The van der Waals surface area contributed by atoms with Crippen molar-refractivity contribution in [1.29, 1.82) is 0 Å². The van der Waals surface area contributed by atoms with Gasteiger partial charge in [-0.25, -0.2) is 0 Å². The van der Waals surface area contributed by atoms with E-state index in [4.69, 9.17) is 4.74 Å². The third-order valence-corrected chi connectivity index (χ3v) is 3.84. The van der Waals surface area contributed by atoms with Crippen LogP contribution in [0.3, 0.4) is 0 Å². The summed E-state index contributed by atoms with van der Waals surface area (Å²) in [4.78, 5) is 0. The molecular formula is C13H25NO. The molecule has 0 radical (unpaired) electrons. The number of hydrogen-bond acceptors (Lipinski definition) is 2. The molecular weight excluding hydrogens is 186 g/mol. The molecule has 2 aliphatic rings. The molecule has 0 bridgehead atoms. The van der Waals surface area contributed by atoms with E-state index in [2.05, 4.69) is 19.2 Å². The highest BCUT2D eigenvalue weighted by atomic mass is 16.5. The van der Waals surface area contributed by atoms with Gasteiger partial charge in [-0.3, -0.25) is 0 Å². The Balaban J connectivity index is 1.64. The summed E-state index contributed by atoms with van der Waals surface area (Å²) >= 11 is 0. The second-order valence-corrected chi connectivity index (χ2v) is 5.68. The Morgan fingerprint density at radius 2 is 2.07 bits per heavy atom. The Labute approximate surface area is 93.8 Å². The van der Waals surface area contributed by atoms with Crippen molar-refractivity contribution in [2.24, 2.45) is 5.41 Å². The zero-order valence-electron chi connectivity index (χ0n) is 10.2. The lowest BCUT2D eigenvalue weighted by atomic mass is 9.66. The van der Waals surface area contributed by atoms with Crippen molar-refractivity contribution in [3.05, 3.63) is 0 Å². The molecule has 2 rings (SSSR count). The average molecular weight is 211 g/mol. The molecule has 88 valence electrons. The van der Waals surface area contributed by atoms with Crippen LogP contribution < -0.4 is 5.32 Å². The van der Waals surface area contributed by atoms with E-state index in [-0.39, 0.29) is 0 Å². The first-order valence-corrected chi connectivity index (χ1v) is 6.55. The number of ether oxygens (including phenoxy) is 1. The van der Waals surface area contributed by atoms with E-state index in [1.807, 2.05) is 0 Å². The van der Waals surface area contributed by atoms with Gasteiger partial charge in [-0.15, -0.1) is 0 Å². The molecule has 0 aromatic rings. The predicted octanol–water partition coefficient (Wildman–Crippen LogP) is 2.72. The highest BCUT2D eigenvalue weighted by molar-refractivity contribution is 4.92. The summed E-state index contributed by atoms with van der Waals surface area (Å²) in [5.41, 5.74) is 0.595. The van der Waals surface area contributed by atoms with E-state index in [1.54, 1.807) is 0 Å². The molecule has 0 unspecified atom stereocenters. The fourth-order valence-electron chi connectivity index (χ4n) is 2.35. The summed E-state index contributed by atoms with van der Waals surface area (Å²) in [6.45, 7) is 6.43. The van der Waals surface area contributed by atoms with Gasteiger partial charge >= 0.3 is 0 Å². The van der Waals surface area contributed by atoms with Crippen LogP contribution >= 0.6 is 0 Å². The monoisotopic (exact) mass is 211 g/mol. The SMILES string of the molecule is CC(C)OCCC1(CNC2CC2)CCC1. The highest BCUT2D eigenvalue weighted by Crippen LogP contribution is 2.43. The Morgan fingerprint density at radius 3 is 2.53 bits per heavy atom. The van der Waals surface area contributed by atoms with E-state index in [0.717, 1.165) is 12.6 Å². The maximum atomic E-state index is 5.67. The number of hydrogen-bond donors (Lipinski definition) is 1. The van der Waals surface area contributed by atoms with Crippen LogP contribution in [0.25, 0.3) is 0 Å². The van der Waals surface area contributed by atoms with E-state index >= 15 is 0 Å². The second kappa shape index (κ2) is 4.84. The minimum Gasteiger partial charge on any atom is -0.379 e. The molecule has 2 heteroatoms. The standard InChI is InChI=1S/C13H25NO/c1-11(2)15-9-8-13(6-3-7-13)10-14-12-4-5-12/h11-12,14H,3-10H2,1-2H3. The van der Waals surface area contributed by atoms with Crippen LogP contribution in [-0.2, 0) is 4.74 Å². The summed E-state index contributed by atoms with van der Waals surface area (Å²) in [6, 6.07) is 0.855. The summed E-state index contributed by atoms with van der Waals surface area (Å²) < 4.78 is 5.67. The first-order valence-electron chi connectivity index (χ1n) is 6.55. The third kappa shape index (κ3) is 3.46. The van der Waals surface area contributed by atoms with Gasteiger partial charge < -0.3 is 10.1 Å². The molecule has 0 spiro atoms. The van der Waals surface area contributed by atoms with Crippen LogP contribution in [0.2, 0.25) is 0 Å². The summed E-state index contributed by atoms with van der Waals surface area (Å²) in [5.74, 6) is 0. The molecule has 0 aromatic heterocycles. The highest BCUT2D eigenvalue weighted by Gasteiger charge is 2.37. The van der Waals surface area contributed by atoms with Gasteiger partial charge in [0.2, 0.25) is 0 Å². The van der Waals surface area contributed by atoms with Crippen molar-refractivity contribution < 1.29 is 4.74 Å². The quantitative estimate of drug-likeness (QED) is 0.699. The first-order chi connectivity index (χ1) is 7.20. The molecule has 0 aliphatic heterocycles. The van der Waals surface area contributed by atoms with Crippen molar-refractivity contribution in [3.8, 4) is 0 Å². The second-order valence-electron chi connectivity index (χ2n) is 5.68. The minimum absolute atomic E-state index is 0.388. The van der Waals surface area contributed by atoms with Gasteiger partial charge in [0, 0.05) is 19.2 Å². The lowest BCUT2D eigenvalue weighted by Crippen LogP contribution is -2.41. The third-order valence-electron chi connectivity index (χ3n) is 3.84. The van der Waals surface area contributed by atoms with Gasteiger partial charge in [-0.1, -0.05) is 6.42 Å². The first kappa shape index (κ1) is 11.4. The Morgan fingerprint density at radius 1 is 1.33 bits per heavy atom. The molecule has 0 saturated heterocycles. The maximum Gasteiger partial charge on any atom is 0.0518 e. The van der Waals surface area contributed by atoms with Crippen LogP contribution in [-0.4, -0.2) is 25.3 Å². The van der Waals surface area contributed by atoms with E-state index in [1.165, 1.54) is 45.1 Å². The normalized spacial score (nSPS) is 24.2. The van der Waals surface area contributed by atoms with E-state index in [9.17, 15) is 0 Å². The molecule has 2 fully saturated rings. The fourth-order valence-corrected chi connectivity index (χ4v) is 2.35. The zero-order valence-corrected chi connectivity index (χ0v) is 10.2. The summed E-state index contributed by atoms with van der Waals surface area (Å²) in [6.07, 6.45) is 8.69. The van der Waals surface area contributed by atoms with Crippen molar-refractivity contribution >= 4 is 0 Å². The van der Waals surface area contributed by atoms with Gasteiger partial charge in [-0.05, 0) is 51.4 Å². The molecule has 2 nitrogen and oxygen atoms in total. The predicted molar refractivity (Wildman–Crippen MR) is 63.0 cm³/mol. The lowest BCUT2D eigenvalue weighted by Gasteiger charge is -2.42. The molecule has 0 atom stereocenters. The van der Waals surface area contributed by atoms with Gasteiger partial charge in [0.05, 0.1) is 6.10 Å². The lowest BCUT2D eigenvalue weighted by molar-refractivity contribution is 0.0230. The van der Waals surface area contributed by atoms with Gasteiger partial charge in [0.1, 0.15) is 0 Å². The Kier molecular flexibility index (Phi) is 3.68. The minimum atomic E-state index is 0.388. The van der Waals surface area contributed by atoms with Crippen molar-refractivity contribution in [2.45, 2.75) is 64.5 Å². The average Bonchev–Trinajstić information content (AvgIpc) is 2.91. The van der Waals surface area contributed by atoms with Gasteiger partial charge in [-0.2, -0.15) is 0 Å². The summed E-state index contributed by atoms with van der Waals surface area (Å²) in [5, 5.41) is 3.68. The van der Waals surface area contributed by atoms with Gasteiger partial charge in [0.25, 0.3) is 0 Å². The van der Waals surface area contributed by atoms with Crippen LogP contribution in [0.4, 0.5) is 0 Å². The molecule has 1 N–H and O–H groups in total. The van der Waals surface area contributed by atoms with E-state index < -0.39 is 0 Å². The smallest absolute Gasteiger partial charge is 0.0518 e. The maximum absolute atomic E-state index is 5.67. The molecule has 0 amide bonds. The number of rotatable bonds is 7. The Bertz CT molecular complexity index is 195. The van der Waals surface area contributed by atoms with Crippen LogP contribution in [0.5, 0.6) is 0 Å². The fraction of sp³-hybridized carbons (Fsp3) is 1.00. The largest absolute Gasteiger partial charge is 0.379 e. The molecule has 0 heterocycles. The Hall–Kier alpha value is -0.0800. The topological polar surface area (TPSA) is 21.3 Å². The molecule has 15 heavy (non-hydrogen) atoms. The van der Waals surface area contributed by atoms with Crippen molar-refractivity contribution in [2.75, 3.05) is 13.2 Å².